The van der Waals surface area contributed by atoms with Crippen LogP contribution in [0.5, 0.6) is 0 Å². The summed E-state index contributed by atoms with van der Waals surface area (Å²) >= 11 is 0. The first kappa shape index (κ1) is 15.2. The monoisotopic (exact) mass is 253 g/mol. The van der Waals surface area contributed by atoms with Gasteiger partial charge in [0.1, 0.15) is 5.82 Å². The zero-order valence-electron chi connectivity index (χ0n) is 12.1. The van der Waals surface area contributed by atoms with Gasteiger partial charge in [-0.3, -0.25) is 0 Å². The minimum atomic E-state index is -0.220. The molecule has 104 valence electrons. The van der Waals surface area contributed by atoms with E-state index < -0.39 is 0 Å². The molecule has 0 aliphatic rings. The van der Waals surface area contributed by atoms with Crippen molar-refractivity contribution >= 4 is 0 Å². The van der Waals surface area contributed by atoms with Crippen LogP contribution in [0.2, 0.25) is 0 Å². The highest BCUT2D eigenvalue weighted by molar-refractivity contribution is 4.94. The third-order valence-corrected chi connectivity index (χ3v) is 3.17. The number of nitrogens with zero attached hydrogens (tertiary/aromatic N) is 2. The van der Waals surface area contributed by atoms with E-state index in [2.05, 4.69) is 42.6 Å². The van der Waals surface area contributed by atoms with Crippen LogP contribution in [-0.2, 0) is 13.0 Å². The van der Waals surface area contributed by atoms with E-state index in [-0.39, 0.29) is 12.1 Å². The minimum Gasteiger partial charge on any atom is -0.394 e. The summed E-state index contributed by atoms with van der Waals surface area (Å²) in [4.78, 5) is 4.37. The van der Waals surface area contributed by atoms with Gasteiger partial charge in [0.05, 0.1) is 6.61 Å². The summed E-state index contributed by atoms with van der Waals surface area (Å²) in [6.07, 6.45) is 6.91. The van der Waals surface area contributed by atoms with Gasteiger partial charge in [-0.2, -0.15) is 0 Å². The van der Waals surface area contributed by atoms with E-state index in [0.717, 1.165) is 31.6 Å². The molecule has 18 heavy (non-hydrogen) atoms. The Kier molecular flexibility index (Phi) is 5.82. The number of rotatable bonds is 8. The van der Waals surface area contributed by atoms with Gasteiger partial charge < -0.3 is 15.0 Å². The van der Waals surface area contributed by atoms with Crippen molar-refractivity contribution in [1.29, 1.82) is 0 Å². The predicted octanol–water partition coefficient (Wildman–Crippen LogP) is 1.97. The first-order chi connectivity index (χ1) is 8.50. The zero-order chi connectivity index (χ0) is 13.6. The zero-order valence-corrected chi connectivity index (χ0v) is 12.1. The summed E-state index contributed by atoms with van der Waals surface area (Å²) in [5.41, 5.74) is -0.220. The van der Waals surface area contributed by atoms with E-state index in [1.54, 1.807) is 0 Å². The van der Waals surface area contributed by atoms with Crippen molar-refractivity contribution in [2.24, 2.45) is 0 Å². The number of hydrogen-bond acceptors (Lipinski definition) is 3. The topological polar surface area (TPSA) is 50.1 Å². The summed E-state index contributed by atoms with van der Waals surface area (Å²) in [7, 11) is 0. The lowest BCUT2D eigenvalue weighted by atomic mass is 9.98. The molecule has 4 nitrogen and oxygen atoms in total. The number of aryl methyl sites for hydroxylation is 2. The van der Waals surface area contributed by atoms with Crippen molar-refractivity contribution in [3.63, 3.8) is 0 Å². The number of nitrogens with one attached hydrogen (secondary N) is 1. The molecule has 0 amide bonds. The van der Waals surface area contributed by atoms with Gasteiger partial charge in [-0.05, 0) is 19.8 Å². The molecular weight excluding hydrogens is 226 g/mol. The van der Waals surface area contributed by atoms with E-state index in [1.807, 2.05) is 12.4 Å². The van der Waals surface area contributed by atoms with Crippen LogP contribution < -0.4 is 5.32 Å². The Hall–Kier alpha value is -0.870. The Balaban J connectivity index is 2.59. The molecule has 1 heterocycles. The highest BCUT2D eigenvalue weighted by Crippen LogP contribution is 2.13. The quantitative estimate of drug-likeness (QED) is 0.745. The van der Waals surface area contributed by atoms with Gasteiger partial charge >= 0.3 is 0 Å². The molecule has 0 spiro atoms. The second-order valence-electron chi connectivity index (χ2n) is 5.55. The number of aliphatic hydroxyl groups is 1. The van der Waals surface area contributed by atoms with Crippen molar-refractivity contribution in [2.45, 2.75) is 65.1 Å². The highest BCUT2D eigenvalue weighted by Gasteiger charge is 2.23. The van der Waals surface area contributed by atoms with Crippen molar-refractivity contribution < 1.29 is 5.11 Å². The minimum absolute atomic E-state index is 0.156. The van der Waals surface area contributed by atoms with Gasteiger partial charge in [-0.1, -0.05) is 20.8 Å². The second kappa shape index (κ2) is 6.90. The molecule has 4 heteroatoms. The van der Waals surface area contributed by atoms with Crippen molar-refractivity contribution in [2.75, 3.05) is 6.61 Å². The van der Waals surface area contributed by atoms with Crippen LogP contribution in [0.4, 0.5) is 0 Å². The number of aliphatic hydroxyl groups excluding tert-OH is 1. The Bertz CT molecular complexity index is 349. The van der Waals surface area contributed by atoms with Crippen LogP contribution in [-0.4, -0.2) is 32.8 Å². The molecule has 0 saturated heterocycles. The van der Waals surface area contributed by atoms with Gasteiger partial charge in [-0.15, -0.1) is 0 Å². The standard InChI is InChI=1S/C14H27N3O/c1-5-6-13-15-8-10-17(13)9-7-14(4,11-18)16-12(2)3/h8,10,12,16,18H,5-7,9,11H2,1-4H3. The molecule has 1 aromatic heterocycles. The number of aromatic nitrogens is 2. The molecule has 1 unspecified atom stereocenters. The summed E-state index contributed by atoms with van der Waals surface area (Å²) in [5, 5.41) is 13.0. The number of hydrogen-bond donors (Lipinski definition) is 2. The maximum atomic E-state index is 9.55. The summed E-state index contributed by atoms with van der Waals surface area (Å²) in [6, 6.07) is 0.375. The van der Waals surface area contributed by atoms with Crippen molar-refractivity contribution in [3.05, 3.63) is 18.2 Å². The molecule has 0 aromatic carbocycles. The van der Waals surface area contributed by atoms with Crippen molar-refractivity contribution in [3.8, 4) is 0 Å². The fourth-order valence-electron chi connectivity index (χ4n) is 2.26. The highest BCUT2D eigenvalue weighted by atomic mass is 16.3. The molecule has 0 aliphatic carbocycles. The maximum absolute atomic E-state index is 9.55. The molecular formula is C14H27N3O. The van der Waals surface area contributed by atoms with E-state index in [0.29, 0.717) is 6.04 Å². The van der Waals surface area contributed by atoms with Gasteiger partial charge in [0.15, 0.2) is 0 Å². The Morgan fingerprint density at radius 3 is 2.78 bits per heavy atom. The maximum Gasteiger partial charge on any atom is 0.108 e. The second-order valence-corrected chi connectivity index (χ2v) is 5.55. The van der Waals surface area contributed by atoms with Gasteiger partial charge in [0.25, 0.3) is 0 Å². The molecule has 0 fully saturated rings. The Morgan fingerprint density at radius 2 is 2.22 bits per heavy atom. The molecule has 1 rings (SSSR count). The normalized spacial score (nSPS) is 15.0. The molecule has 0 radical (unpaired) electrons. The largest absolute Gasteiger partial charge is 0.394 e. The predicted molar refractivity (Wildman–Crippen MR) is 74.6 cm³/mol. The van der Waals surface area contributed by atoms with E-state index in [9.17, 15) is 5.11 Å². The SMILES string of the molecule is CCCc1nccn1CCC(C)(CO)NC(C)C. The fourth-order valence-corrected chi connectivity index (χ4v) is 2.26. The van der Waals surface area contributed by atoms with Gasteiger partial charge in [-0.25, -0.2) is 4.98 Å². The summed E-state index contributed by atoms with van der Waals surface area (Å²) < 4.78 is 2.19. The Morgan fingerprint density at radius 1 is 1.50 bits per heavy atom. The third kappa shape index (κ3) is 4.42. The van der Waals surface area contributed by atoms with Crippen LogP contribution >= 0.6 is 0 Å². The van der Waals surface area contributed by atoms with Crippen LogP contribution in [0.15, 0.2) is 12.4 Å². The molecule has 0 saturated carbocycles. The molecule has 0 aliphatic heterocycles. The Labute approximate surface area is 110 Å². The van der Waals surface area contributed by atoms with Crippen LogP contribution in [0.3, 0.4) is 0 Å². The van der Waals surface area contributed by atoms with Crippen LogP contribution in [0, 0.1) is 0 Å². The molecule has 1 aromatic rings. The van der Waals surface area contributed by atoms with Gasteiger partial charge in [0, 0.05) is 36.9 Å². The van der Waals surface area contributed by atoms with Crippen LogP contribution in [0.1, 0.15) is 46.4 Å². The van der Waals surface area contributed by atoms with E-state index in [4.69, 9.17) is 0 Å². The van der Waals surface area contributed by atoms with Gasteiger partial charge in [0.2, 0.25) is 0 Å². The van der Waals surface area contributed by atoms with E-state index >= 15 is 0 Å². The fraction of sp³-hybridized carbons (Fsp3) is 0.786. The number of imidazole rings is 1. The lowest BCUT2D eigenvalue weighted by Gasteiger charge is -2.31. The third-order valence-electron chi connectivity index (χ3n) is 3.17. The smallest absolute Gasteiger partial charge is 0.108 e. The first-order valence-corrected chi connectivity index (χ1v) is 6.89. The lowest BCUT2D eigenvalue weighted by molar-refractivity contribution is 0.152. The first-order valence-electron chi connectivity index (χ1n) is 6.89. The summed E-state index contributed by atoms with van der Waals surface area (Å²) in [5.74, 6) is 1.14. The molecule has 0 bridgehead atoms. The summed E-state index contributed by atoms with van der Waals surface area (Å²) in [6.45, 7) is 9.50. The molecule has 1 atom stereocenters. The average Bonchev–Trinajstić information content (AvgIpc) is 2.74. The molecule has 2 N–H and O–H groups in total. The van der Waals surface area contributed by atoms with Crippen LogP contribution in [0.25, 0.3) is 0 Å². The van der Waals surface area contributed by atoms with Crippen molar-refractivity contribution in [1.82, 2.24) is 14.9 Å². The average molecular weight is 253 g/mol. The lowest BCUT2D eigenvalue weighted by Crippen LogP contribution is -2.49. The van der Waals surface area contributed by atoms with E-state index in [1.165, 1.54) is 0 Å².